The third kappa shape index (κ3) is 8.89. The number of hydrogen-bond acceptors (Lipinski definition) is 6. The minimum absolute atomic E-state index is 0.0968. The van der Waals surface area contributed by atoms with Crippen LogP contribution in [0, 0.1) is 0 Å². The fourth-order valence-electron chi connectivity index (χ4n) is 2.81. The summed E-state index contributed by atoms with van der Waals surface area (Å²) in [5.74, 6) is 1.01. The minimum Gasteiger partial charge on any atom is -0.504 e. The van der Waals surface area contributed by atoms with E-state index in [4.69, 9.17) is 32.7 Å². The van der Waals surface area contributed by atoms with Gasteiger partial charge in [0.1, 0.15) is 0 Å². The Labute approximate surface area is 207 Å². The maximum Gasteiger partial charge on any atom is 0.167 e. The first kappa shape index (κ1) is 30.8. The highest BCUT2D eigenvalue weighted by Gasteiger charge is 2.13. The van der Waals surface area contributed by atoms with E-state index in [0.717, 1.165) is 16.5 Å². The molecule has 0 aliphatic heterocycles. The van der Waals surface area contributed by atoms with Crippen molar-refractivity contribution in [3.05, 3.63) is 57.8 Å². The molecule has 0 atom stereocenters. The van der Waals surface area contributed by atoms with Crippen LogP contribution < -0.4 is 15.0 Å². The summed E-state index contributed by atoms with van der Waals surface area (Å²) in [5.41, 5.74) is 4.31. The Balaban J connectivity index is 0.00000113. The lowest BCUT2D eigenvalue weighted by Crippen LogP contribution is -2.00. The first-order valence-electron chi connectivity index (χ1n) is 10.9. The maximum atomic E-state index is 10.4. The van der Waals surface area contributed by atoms with Crippen molar-refractivity contribution < 1.29 is 19.4 Å². The van der Waals surface area contributed by atoms with Crippen molar-refractivity contribution >= 4 is 34.0 Å². The summed E-state index contributed by atoms with van der Waals surface area (Å²) in [4.78, 5) is 8.54. The van der Waals surface area contributed by atoms with Gasteiger partial charge in [0.15, 0.2) is 17.2 Å². The Morgan fingerprint density at radius 2 is 1.55 bits per heavy atom. The molecule has 6 nitrogen and oxygen atoms in total. The number of halogens is 2. The number of rotatable bonds is 6. The van der Waals surface area contributed by atoms with E-state index in [2.05, 4.69) is 15.3 Å². The van der Waals surface area contributed by atoms with Crippen LogP contribution in [-0.2, 0) is 11.3 Å². The zero-order chi connectivity index (χ0) is 25.4. The monoisotopic (exact) mass is 498 g/mol. The number of hydroxylamine groups is 1. The van der Waals surface area contributed by atoms with E-state index in [9.17, 15) is 5.11 Å². The molecule has 0 radical (unpaired) electrons. The zero-order valence-electron chi connectivity index (χ0n) is 20.8. The van der Waals surface area contributed by atoms with Gasteiger partial charge in [0.25, 0.3) is 0 Å². The molecule has 2 N–H and O–H groups in total. The summed E-state index contributed by atoms with van der Waals surface area (Å²) >= 11 is 12.4. The molecular formula is C25H36Cl2N2O4. The number of methoxy groups -OCH3 is 1. The molecule has 184 valence electrons. The number of aromatic nitrogens is 1. The third-order valence-corrected chi connectivity index (χ3v) is 4.68. The van der Waals surface area contributed by atoms with Crippen LogP contribution in [0.2, 0.25) is 10.0 Å². The molecule has 3 aromatic rings. The first-order valence-corrected chi connectivity index (χ1v) is 11.6. The third-order valence-electron chi connectivity index (χ3n) is 4.12. The summed E-state index contributed by atoms with van der Waals surface area (Å²) < 4.78 is 10.6. The van der Waals surface area contributed by atoms with E-state index in [1.165, 1.54) is 7.11 Å². The van der Waals surface area contributed by atoms with Crippen molar-refractivity contribution in [3.8, 4) is 17.2 Å². The number of nitrogens with zero attached hydrogens (tertiary/aromatic N) is 1. The van der Waals surface area contributed by atoms with Gasteiger partial charge in [-0.15, -0.1) is 0 Å². The van der Waals surface area contributed by atoms with Crippen LogP contribution in [0.5, 0.6) is 17.2 Å². The number of phenolic OH excluding ortho intramolecular Hbond substituents is 1. The number of aromatic hydroxyl groups is 1. The molecule has 33 heavy (non-hydrogen) atoms. The Kier molecular flexibility index (Phi) is 16.1. The largest absolute Gasteiger partial charge is 0.504 e. The molecule has 8 heteroatoms. The van der Waals surface area contributed by atoms with E-state index in [0.29, 0.717) is 40.0 Å². The van der Waals surface area contributed by atoms with E-state index < -0.39 is 0 Å². The van der Waals surface area contributed by atoms with Crippen LogP contribution in [0.25, 0.3) is 10.8 Å². The second kappa shape index (κ2) is 17.3. The number of fused-ring (bicyclic) bond motifs is 1. The van der Waals surface area contributed by atoms with Crippen LogP contribution in [0.4, 0.5) is 0 Å². The highest BCUT2D eigenvalue weighted by atomic mass is 35.5. The van der Waals surface area contributed by atoms with Crippen molar-refractivity contribution in [3.63, 3.8) is 0 Å². The molecular weight excluding hydrogens is 463 g/mol. The molecule has 0 bridgehead atoms. The van der Waals surface area contributed by atoms with Crippen molar-refractivity contribution in [1.82, 2.24) is 10.5 Å². The van der Waals surface area contributed by atoms with Crippen molar-refractivity contribution in [2.24, 2.45) is 0 Å². The maximum absolute atomic E-state index is 10.4. The summed E-state index contributed by atoms with van der Waals surface area (Å²) in [7, 11) is 4.81. The molecule has 0 saturated heterocycles. The Morgan fingerprint density at radius 1 is 0.970 bits per heavy atom. The van der Waals surface area contributed by atoms with Gasteiger partial charge in [-0.25, -0.2) is 5.48 Å². The standard InChI is InChI=1S/C19H17Cl2NO3.C2H7NO.2C2H6/c1-3-25-17-5-4-13-12(9-22-10-14(13)18(17)23)6-11-7-15(20)19(24-2)16(21)8-11;1-3-4-2;2*1-2/h4-5,7-10,23H,3,6H2,1-2H3;3H,1-2H3;2*1-2H3. The van der Waals surface area contributed by atoms with Gasteiger partial charge < -0.3 is 19.4 Å². The van der Waals surface area contributed by atoms with Crippen LogP contribution in [0.3, 0.4) is 0 Å². The molecule has 0 aliphatic rings. The van der Waals surface area contributed by atoms with Gasteiger partial charge in [0.2, 0.25) is 0 Å². The number of benzene rings is 2. The molecule has 3 rings (SSSR count). The predicted octanol–water partition coefficient (Wildman–Crippen LogP) is 7.06. The number of hydrogen-bond donors (Lipinski definition) is 2. The smallest absolute Gasteiger partial charge is 0.167 e. The fourth-order valence-corrected chi connectivity index (χ4v) is 3.50. The van der Waals surface area contributed by atoms with Gasteiger partial charge in [-0.3, -0.25) is 4.98 Å². The highest BCUT2D eigenvalue weighted by molar-refractivity contribution is 6.37. The number of ether oxygens (including phenoxy) is 2. The summed E-state index contributed by atoms with van der Waals surface area (Å²) in [5, 5.41) is 12.9. The topological polar surface area (TPSA) is 72.8 Å². The average molecular weight is 499 g/mol. The van der Waals surface area contributed by atoms with E-state index in [-0.39, 0.29) is 5.75 Å². The van der Waals surface area contributed by atoms with E-state index >= 15 is 0 Å². The molecule has 1 aromatic heterocycles. The number of pyridine rings is 1. The van der Waals surface area contributed by atoms with Crippen molar-refractivity contribution in [1.29, 1.82) is 0 Å². The van der Waals surface area contributed by atoms with E-state index in [1.807, 2.05) is 52.8 Å². The highest BCUT2D eigenvalue weighted by Crippen LogP contribution is 2.37. The summed E-state index contributed by atoms with van der Waals surface area (Å²) in [6, 6.07) is 7.32. The Hall–Kier alpha value is -2.25. The summed E-state index contributed by atoms with van der Waals surface area (Å²) in [6.07, 6.45) is 3.97. The second-order valence-corrected chi connectivity index (χ2v) is 6.73. The normalized spacial score (nSPS) is 9.52. The van der Waals surface area contributed by atoms with Gasteiger partial charge in [0, 0.05) is 24.8 Å². The molecule has 1 heterocycles. The van der Waals surface area contributed by atoms with Gasteiger partial charge in [-0.05, 0) is 48.1 Å². The van der Waals surface area contributed by atoms with Gasteiger partial charge in [-0.1, -0.05) is 57.0 Å². The molecule has 0 aliphatic carbocycles. The zero-order valence-corrected chi connectivity index (χ0v) is 22.3. The van der Waals surface area contributed by atoms with Crippen LogP contribution in [-0.4, -0.2) is 38.0 Å². The lowest BCUT2D eigenvalue weighted by molar-refractivity contribution is 0.112. The molecule has 0 unspecified atom stereocenters. The quantitative estimate of drug-likeness (QED) is 0.354. The molecule has 2 aromatic carbocycles. The van der Waals surface area contributed by atoms with Crippen LogP contribution in [0.1, 0.15) is 45.7 Å². The lowest BCUT2D eigenvalue weighted by Gasteiger charge is -2.12. The van der Waals surface area contributed by atoms with Gasteiger partial charge in [0.05, 0.1) is 30.9 Å². The average Bonchev–Trinajstić information content (AvgIpc) is 2.84. The number of nitrogens with one attached hydrogen (secondary N) is 1. The minimum atomic E-state index is 0.0968. The number of phenols is 1. The fraction of sp³-hybridized carbons (Fsp3) is 0.400. The van der Waals surface area contributed by atoms with Crippen LogP contribution >= 0.6 is 23.2 Å². The van der Waals surface area contributed by atoms with E-state index in [1.54, 1.807) is 32.6 Å². The van der Waals surface area contributed by atoms with Gasteiger partial charge in [-0.2, -0.15) is 0 Å². The molecule has 0 fully saturated rings. The lowest BCUT2D eigenvalue weighted by atomic mass is 10.00. The molecule has 0 saturated carbocycles. The predicted molar refractivity (Wildman–Crippen MR) is 139 cm³/mol. The molecule has 0 spiro atoms. The van der Waals surface area contributed by atoms with Crippen molar-refractivity contribution in [2.45, 2.75) is 41.0 Å². The summed E-state index contributed by atoms with van der Waals surface area (Å²) in [6.45, 7) is 10.4. The second-order valence-electron chi connectivity index (χ2n) is 5.92. The Morgan fingerprint density at radius 3 is 2.03 bits per heavy atom. The van der Waals surface area contributed by atoms with Gasteiger partial charge >= 0.3 is 0 Å². The SMILES string of the molecule is CC.CC.CCOc1ccc2c(Cc3cc(Cl)c(OC)c(Cl)c3)cncc2c1O.CNOC. The Bertz CT molecular complexity index is 944. The molecule has 0 amide bonds. The van der Waals surface area contributed by atoms with Crippen LogP contribution in [0.15, 0.2) is 36.7 Å². The van der Waals surface area contributed by atoms with Crippen molar-refractivity contribution in [2.75, 3.05) is 27.9 Å². The first-order chi connectivity index (χ1) is 16.0.